The van der Waals surface area contributed by atoms with Crippen LogP contribution < -0.4 is 18.9 Å². The van der Waals surface area contributed by atoms with Crippen LogP contribution in [0.5, 0.6) is 23.0 Å². The van der Waals surface area contributed by atoms with Crippen LogP contribution in [-0.2, 0) is 6.42 Å². The zero-order valence-corrected chi connectivity index (χ0v) is 25.9. The van der Waals surface area contributed by atoms with Crippen LogP contribution in [0.3, 0.4) is 0 Å². The van der Waals surface area contributed by atoms with E-state index < -0.39 is 0 Å². The number of benzene rings is 6. The Morgan fingerprint density at radius 1 is 0.356 bits per heavy atom. The summed E-state index contributed by atoms with van der Waals surface area (Å²) in [5, 5.41) is 0. The van der Waals surface area contributed by atoms with Crippen molar-refractivity contribution in [2.24, 2.45) is 0 Å². The maximum absolute atomic E-state index is 5.58. The van der Waals surface area contributed by atoms with Crippen molar-refractivity contribution < 1.29 is 18.9 Å². The van der Waals surface area contributed by atoms with E-state index in [0.717, 1.165) is 57.2 Å². The first-order valence-corrected chi connectivity index (χ1v) is 15.0. The van der Waals surface area contributed by atoms with E-state index in [1.165, 1.54) is 38.9 Å². The first-order chi connectivity index (χ1) is 22.1. The highest BCUT2D eigenvalue weighted by atomic mass is 16.5. The number of hydrogen-bond donors (Lipinski definition) is 0. The lowest BCUT2D eigenvalue weighted by Gasteiger charge is -2.26. The van der Waals surface area contributed by atoms with E-state index >= 15 is 0 Å². The lowest BCUT2D eigenvalue weighted by molar-refractivity contribution is 0.414. The molecule has 1 aliphatic rings. The molecular weight excluding hydrogens is 556 g/mol. The van der Waals surface area contributed by atoms with Crippen LogP contribution >= 0.6 is 0 Å². The second-order valence-corrected chi connectivity index (χ2v) is 11.1. The molecule has 0 saturated carbocycles. The van der Waals surface area contributed by atoms with Gasteiger partial charge in [0.25, 0.3) is 0 Å². The summed E-state index contributed by atoms with van der Waals surface area (Å²) in [5.74, 6) is 3.29. The summed E-state index contributed by atoms with van der Waals surface area (Å²) in [4.78, 5) is 0. The molecule has 0 atom stereocenters. The van der Waals surface area contributed by atoms with Crippen LogP contribution in [-0.4, -0.2) is 28.4 Å². The van der Waals surface area contributed by atoms with E-state index in [-0.39, 0.29) is 0 Å². The molecule has 45 heavy (non-hydrogen) atoms. The minimum absolute atomic E-state index is 0.817. The molecule has 6 aromatic rings. The van der Waals surface area contributed by atoms with E-state index in [1.54, 1.807) is 28.4 Å². The number of ether oxygens (including phenoxy) is 4. The summed E-state index contributed by atoms with van der Waals surface area (Å²) in [6.07, 6.45) is 0.835. The lowest BCUT2D eigenvalue weighted by Crippen LogP contribution is -2.01. The highest BCUT2D eigenvalue weighted by Crippen LogP contribution is 2.56. The van der Waals surface area contributed by atoms with Crippen LogP contribution in [0, 0.1) is 0 Å². The zero-order chi connectivity index (χ0) is 30.9. The Hall–Kier alpha value is -5.48. The van der Waals surface area contributed by atoms with Crippen molar-refractivity contribution in [2.45, 2.75) is 6.42 Å². The number of methoxy groups -OCH3 is 4. The molecule has 0 amide bonds. The minimum Gasteiger partial charge on any atom is -0.497 e. The maximum atomic E-state index is 5.58. The normalized spacial score (nSPS) is 11.5. The van der Waals surface area contributed by atoms with Gasteiger partial charge in [0.2, 0.25) is 0 Å². The van der Waals surface area contributed by atoms with Gasteiger partial charge in [-0.2, -0.15) is 0 Å². The van der Waals surface area contributed by atoms with Gasteiger partial charge in [-0.3, -0.25) is 0 Å². The minimum atomic E-state index is 0.817. The number of hydrogen-bond acceptors (Lipinski definition) is 4. The van der Waals surface area contributed by atoms with Gasteiger partial charge in [-0.05, 0) is 122 Å². The summed E-state index contributed by atoms with van der Waals surface area (Å²) in [6, 6.07) is 42.5. The molecule has 0 heterocycles. The second-order valence-electron chi connectivity index (χ2n) is 11.1. The van der Waals surface area contributed by atoms with Crippen LogP contribution in [0.4, 0.5) is 0 Å². The summed E-state index contributed by atoms with van der Waals surface area (Å²) < 4.78 is 22.3. The molecular formula is C41H34O4. The van der Waals surface area contributed by atoms with Crippen molar-refractivity contribution in [3.05, 3.63) is 132 Å². The molecule has 0 saturated heterocycles. The molecule has 0 aliphatic heterocycles. The summed E-state index contributed by atoms with van der Waals surface area (Å²) in [6.45, 7) is 0. The molecule has 0 aromatic heterocycles. The average Bonchev–Trinajstić information content (AvgIpc) is 3.50. The Labute approximate surface area is 264 Å². The number of rotatable bonds is 8. The van der Waals surface area contributed by atoms with Crippen molar-refractivity contribution >= 4 is 0 Å². The standard InChI is InChI=1S/C41H34O4/c1-42-31-17-9-26(10-18-31)37-36-25-30-7-5-6-8-35(30)41(36)40(29-15-23-34(45-4)24-16-29)39(28-13-21-33(44-3)22-14-28)38(37)27-11-19-32(43-2)20-12-27/h5-24H,25H2,1-4H3. The molecule has 1 aliphatic carbocycles. The Morgan fingerprint density at radius 2 is 0.689 bits per heavy atom. The summed E-state index contributed by atoms with van der Waals surface area (Å²) in [5.41, 5.74) is 14.4. The van der Waals surface area contributed by atoms with E-state index in [1.807, 2.05) is 48.5 Å². The van der Waals surface area contributed by atoms with Crippen molar-refractivity contribution in [3.8, 4) is 78.6 Å². The Morgan fingerprint density at radius 3 is 1.09 bits per heavy atom. The largest absolute Gasteiger partial charge is 0.497 e. The van der Waals surface area contributed by atoms with Crippen molar-refractivity contribution in [3.63, 3.8) is 0 Å². The van der Waals surface area contributed by atoms with Gasteiger partial charge in [0.05, 0.1) is 28.4 Å². The summed E-state index contributed by atoms with van der Waals surface area (Å²) >= 11 is 0. The maximum Gasteiger partial charge on any atom is 0.118 e. The Balaban J connectivity index is 1.68. The molecule has 0 unspecified atom stereocenters. The molecule has 0 fully saturated rings. The van der Waals surface area contributed by atoms with Crippen LogP contribution in [0.2, 0.25) is 0 Å². The van der Waals surface area contributed by atoms with Gasteiger partial charge >= 0.3 is 0 Å². The Kier molecular flexibility index (Phi) is 7.48. The molecule has 222 valence electrons. The van der Waals surface area contributed by atoms with Gasteiger partial charge in [0.1, 0.15) is 23.0 Å². The second kappa shape index (κ2) is 11.9. The lowest BCUT2D eigenvalue weighted by atomic mass is 9.77. The fourth-order valence-corrected chi connectivity index (χ4v) is 6.60. The van der Waals surface area contributed by atoms with Gasteiger partial charge in [0, 0.05) is 0 Å². The van der Waals surface area contributed by atoms with E-state index in [0.29, 0.717) is 0 Å². The fourth-order valence-electron chi connectivity index (χ4n) is 6.60. The van der Waals surface area contributed by atoms with Gasteiger partial charge in [0.15, 0.2) is 0 Å². The molecule has 0 N–H and O–H groups in total. The monoisotopic (exact) mass is 590 g/mol. The van der Waals surface area contributed by atoms with E-state index in [9.17, 15) is 0 Å². The topological polar surface area (TPSA) is 36.9 Å². The fraction of sp³-hybridized carbons (Fsp3) is 0.122. The van der Waals surface area contributed by atoms with Crippen LogP contribution in [0.25, 0.3) is 55.6 Å². The Bertz CT molecular complexity index is 1970. The SMILES string of the molecule is COc1ccc(-c2c3c(c(-c4ccc(OC)cc4)c(-c4ccc(OC)cc4)c2-c2ccc(OC)cc2)-c2ccccc2C3)cc1. The van der Waals surface area contributed by atoms with Crippen molar-refractivity contribution in [1.82, 2.24) is 0 Å². The highest BCUT2D eigenvalue weighted by Gasteiger charge is 2.32. The van der Waals surface area contributed by atoms with Crippen LogP contribution in [0.1, 0.15) is 11.1 Å². The van der Waals surface area contributed by atoms with Crippen molar-refractivity contribution in [1.29, 1.82) is 0 Å². The molecule has 4 heteroatoms. The third-order valence-corrected chi connectivity index (χ3v) is 8.77. The average molecular weight is 591 g/mol. The number of fused-ring (bicyclic) bond motifs is 3. The first kappa shape index (κ1) is 28.3. The smallest absolute Gasteiger partial charge is 0.118 e. The third kappa shape index (κ3) is 4.98. The molecule has 0 spiro atoms. The van der Waals surface area contributed by atoms with Crippen molar-refractivity contribution in [2.75, 3.05) is 28.4 Å². The van der Waals surface area contributed by atoms with E-state index in [4.69, 9.17) is 18.9 Å². The molecule has 0 bridgehead atoms. The first-order valence-electron chi connectivity index (χ1n) is 15.0. The van der Waals surface area contributed by atoms with Gasteiger partial charge in [-0.1, -0.05) is 72.8 Å². The van der Waals surface area contributed by atoms with Gasteiger partial charge in [-0.15, -0.1) is 0 Å². The molecule has 6 aromatic carbocycles. The summed E-state index contributed by atoms with van der Waals surface area (Å²) in [7, 11) is 6.82. The highest BCUT2D eigenvalue weighted by molar-refractivity contribution is 6.11. The quantitative estimate of drug-likeness (QED) is 0.177. The predicted octanol–water partition coefficient (Wildman–Crippen LogP) is 9.96. The van der Waals surface area contributed by atoms with Gasteiger partial charge in [-0.25, -0.2) is 0 Å². The van der Waals surface area contributed by atoms with Crippen LogP contribution in [0.15, 0.2) is 121 Å². The zero-order valence-electron chi connectivity index (χ0n) is 25.9. The predicted molar refractivity (Wildman–Crippen MR) is 183 cm³/mol. The third-order valence-electron chi connectivity index (χ3n) is 8.77. The van der Waals surface area contributed by atoms with Gasteiger partial charge < -0.3 is 18.9 Å². The molecule has 7 rings (SSSR count). The molecule has 0 radical (unpaired) electrons. The van der Waals surface area contributed by atoms with E-state index in [2.05, 4.69) is 72.8 Å². The molecule has 4 nitrogen and oxygen atoms in total.